The lowest BCUT2D eigenvalue weighted by atomic mass is 10.2. The zero-order valence-electron chi connectivity index (χ0n) is 12.2. The summed E-state index contributed by atoms with van der Waals surface area (Å²) in [5.74, 6) is 1.33. The Morgan fingerprint density at radius 3 is 2.68 bits per heavy atom. The summed E-state index contributed by atoms with van der Waals surface area (Å²) in [6.45, 7) is 5.90. The van der Waals surface area contributed by atoms with E-state index in [9.17, 15) is 4.79 Å². The molecule has 0 radical (unpaired) electrons. The summed E-state index contributed by atoms with van der Waals surface area (Å²) >= 11 is 1.72. The number of amides is 1. The third-order valence-corrected chi connectivity index (χ3v) is 3.50. The van der Waals surface area contributed by atoms with Crippen LogP contribution in [0.1, 0.15) is 31.3 Å². The average Bonchev–Trinajstić information content (AvgIpc) is 2.36. The molecule has 1 aromatic heterocycles. The molecule has 0 aliphatic heterocycles. The highest BCUT2D eigenvalue weighted by Crippen LogP contribution is 2.13. The lowest BCUT2D eigenvalue weighted by Crippen LogP contribution is -2.37. The summed E-state index contributed by atoms with van der Waals surface area (Å²) in [5.41, 5.74) is 0.425. The number of aromatic nitrogens is 1. The molecule has 4 nitrogen and oxygen atoms in total. The van der Waals surface area contributed by atoms with Crippen LogP contribution in [0.25, 0.3) is 0 Å². The van der Waals surface area contributed by atoms with Crippen molar-refractivity contribution in [2.45, 2.75) is 32.9 Å². The molecule has 0 aliphatic carbocycles. The lowest BCUT2D eigenvalue weighted by molar-refractivity contribution is 0.0749. The highest BCUT2D eigenvalue weighted by Gasteiger charge is 2.18. The third-order valence-electron chi connectivity index (χ3n) is 2.69. The summed E-state index contributed by atoms with van der Waals surface area (Å²) < 4.78 is 5.51. The molecule has 0 bridgehead atoms. The van der Waals surface area contributed by atoms with E-state index in [0.29, 0.717) is 11.6 Å². The van der Waals surface area contributed by atoms with E-state index in [1.165, 1.54) is 0 Å². The maximum atomic E-state index is 12.3. The quantitative estimate of drug-likeness (QED) is 0.804. The molecule has 106 valence electrons. The summed E-state index contributed by atoms with van der Waals surface area (Å²) in [5, 5.41) is 0. The van der Waals surface area contributed by atoms with Gasteiger partial charge in [-0.25, -0.2) is 4.98 Å². The molecule has 0 aromatic carbocycles. The lowest BCUT2D eigenvalue weighted by Gasteiger charge is -2.24. The monoisotopic (exact) mass is 282 g/mol. The predicted molar refractivity (Wildman–Crippen MR) is 79.9 cm³/mol. The van der Waals surface area contributed by atoms with Crippen molar-refractivity contribution in [2.75, 3.05) is 19.1 Å². The highest BCUT2D eigenvalue weighted by atomic mass is 32.2. The molecule has 1 amide bonds. The van der Waals surface area contributed by atoms with Crippen LogP contribution in [0.5, 0.6) is 5.88 Å². The Balaban J connectivity index is 2.81. The van der Waals surface area contributed by atoms with Crippen LogP contribution in [-0.4, -0.2) is 47.0 Å². The van der Waals surface area contributed by atoms with E-state index in [2.05, 4.69) is 4.98 Å². The van der Waals surface area contributed by atoms with E-state index in [1.807, 2.05) is 27.0 Å². The minimum absolute atomic E-state index is 0.0472. The molecule has 0 unspecified atom stereocenters. The number of thioether (sulfide) groups is 1. The van der Waals surface area contributed by atoms with Gasteiger partial charge in [-0.3, -0.25) is 4.79 Å². The van der Waals surface area contributed by atoms with Crippen LogP contribution < -0.4 is 4.74 Å². The number of carbonyl (C=O) groups is 1. The number of pyridine rings is 1. The van der Waals surface area contributed by atoms with Gasteiger partial charge in [-0.05, 0) is 33.1 Å². The van der Waals surface area contributed by atoms with Crippen molar-refractivity contribution in [1.82, 2.24) is 9.88 Å². The Labute approximate surface area is 119 Å². The predicted octanol–water partition coefficient (Wildman–Crippen LogP) is 2.69. The normalized spacial score (nSPS) is 12.3. The molecule has 1 atom stereocenters. The van der Waals surface area contributed by atoms with Crippen molar-refractivity contribution in [3.8, 4) is 5.88 Å². The first kappa shape index (κ1) is 15.8. The van der Waals surface area contributed by atoms with Crippen LogP contribution in [0.4, 0.5) is 0 Å². The number of carbonyl (C=O) groups excluding carboxylic acids is 1. The van der Waals surface area contributed by atoms with Crippen LogP contribution in [0.3, 0.4) is 0 Å². The molecular weight excluding hydrogens is 260 g/mol. The zero-order valence-corrected chi connectivity index (χ0v) is 13.0. The Morgan fingerprint density at radius 2 is 2.11 bits per heavy atom. The van der Waals surface area contributed by atoms with Gasteiger partial charge in [0.25, 0.3) is 5.91 Å². The SMILES string of the molecule is CSC[C@H](C)N(C)C(=O)c1cccc(OC(C)C)n1. The van der Waals surface area contributed by atoms with Gasteiger partial charge in [0, 0.05) is 24.9 Å². The molecule has 0 N–H and O–H groups in total. The largest absolute Gasteiger partial charge is 0.475 e. The van der Waals surface area contributed by atoms with Crippen molar-refractivity contribution in [3.05, 3.63) is 23.9 Å². The topological polar surface area (TPSA) is 42.4 Å². The maximum absolute atomic E-state index is 12.3. The molecular formula is C14H22N2O2S. The van der Waals surface area contributed by atoms with E-state index < -0.39 is 0 Å². The molecule has 0 fully saturated rings. The second-order valence-electron chi connectivity index (χ2n) is 4.75. The number of nitrogens with zero attached hydrogens (tertiary/aromatic N) is 2. The molecule has 19 heavy (non-hydrogen) atoms. The molecule has 1 rings (SSSR count). The molecule has 0 saturated heterocycles. The third kappa shape index (κ3) is 4.74. The van der Waals surface area contributed by atoms with Gasteiger partial charge in [0.2, 0.25) is 5.88 Å². The van der Waals surface area contributed by atoms with Crippen LogP contribution in [-0.2, 0) is 0 Å². The smallest absolute Gasteiger partial charge is 0.272 e. The van der Waals surface area contributed by atoms with Crippen molar-refractivity contribution in [2.24, 2.45) is 0 Å². The molecule has 1 aromatic rings. The second kappa shape index (κ2) is 7.38. The molecule has 0 saturated carbocycles. The van der Waals surface area contributed by atoms with Crippen LogP contribution in [0.15, 0.2) is 18.2 Å². The first-order valence-electron chi connectivity index (χ1n) is 6.35. The Morgan fingerprint density at radius 1 is 1.42 bits per heavy atom. The van der Waals surface area contributed by atoms with Crippen molar-refractivity contribution in [3.63, 3.8) is 0 Å². The minimum Gasteiger partial charge on any atom is -0.475 e. The first-order valence-corrected chi connectivity index (χ1v) is 7.75. The summed E-state index contributed by atoms with van der Waals surface area (Å²) in [4.78, 5) is 18.3. The number of ether oxygens (including phenoxy) is 1. The van der Waals surface area contributed by atoms with Gasteiger partial charge in [0.15, 0.2) is 0 Å². The molecule has 5 heteroatoms. The minimum atomic E-state index is -0.0734. The summed E-state index contributed by atoms with van der Waals surface area (Å²) in [7, 11) is 1.81. The summed E-state index contributed by atoms with van der Waals surface area (Å²) in [6, 6.07) is 5.46. The fraction of sp³-hybridized carbons (Fsp3) is 0.571. The Hall–Kier alpha value is -1.23. The van der Waals surface area contributed by atoms with Crippen molar-refractivity contribution >= 4 is 17.7 Å². The van der Waals surface area contributed by atoms with E-state index in [1.54, 1.807) is 41.9 Å². The Kier molecular flexibility index (Phi) is 6.15. The number of rotatable bonds is 6. The van der Waals surface area contributed by atoms with Gasteiger partial charge >= 0.3 is 0 Å². The zero-order chi connectivity index (χ0) is 14.4. The number of hydrogen-bond acceptors (Lipinski definition) is 4. The molecule has 1 heterocycles. The van der Waals surface area contributed by atoms with Gasteiger partial charge in [-0.2, -0.15) is 11.8 Å². The van der Waals surface area contributed by atoms with E-state index in [-0.39, 0.29) is 18.1 Å². The standard InChI is InChI=1S/C14H22N2O2S/c1-10(2)18-13-8-6-7-12(15-13)14(17)16(4)11(3)9-19-5/h6-8,10-11H,9H2,1-5H3/t11-/m0/s1. The van der Waals surface area contributed by atoms with E-state index in [4.69, 9.17) is 4.74 Å². The van der Waals surface area contributed by atoms with Gasteiger partial charge < -0.3 is 9.64 Å². The number of hydrogen-bond donors (Lipinski definition) is 0. The van der Waals surface area contributed by atoms with Gasteiger partial charge in [-0.15, -0.1) is 0 Å². The van der Waals surface area contributed by atoms with Crippen LogP contribution in [0, 0.1) is 0 Å². The van der Waals surface area contributed by atoms with E-state index >= 15 is 0 Å². The van der Waals surface area contributed by atoms with Crippen LogP contribution >= 0.6 is 11.8 Å². The fourth-order valence-electron chi connectivity index (χ4n) is 1.57. The fourth-order valence-corrected chi connectivity index (χ4v) is 2.28. The second-order valence-corrected chi connectivity index (χ2v) is 5.66. The van der Waals surface area contributed by atoms with Gasteiger partial charge in [0.1, 0.15) is 5.69 Å². The average molecular weight is 282 g/mol. The van der Waals surface area contributed by atoms with Gasteiger partial charge in [-0.1, -0.05) is 6.07 Å². The van der Waals surface area contributed by atoms with Crippen LogP contribution in [0.2, 0.25) is 0 Å². The van der Waals surface area contributed by atoms with Crippen molar-refractivity contribution in [1.29, 1.82) is 0 Å². The summed E-state index contributed by atoms with van der Waals surface area (Å²) in [6.07, 6.45) is 2.08. The highest BCUT2D eigenvalue weighted by molar-refractivity contribution is 7.98. The van der Waals surface area contributed by atoms with Gasteiger partial charge in [0.05, 0.1) is 6.10 Å². The molecule has 0 spiro atoms. The maximum Gasteiger partial charge on any atom is 0.272 e. The molecule has 0 aliphatic rings. The Bertz CT molecular complexity index is 424. The van der Waals surface area contributed by atoms with E-state index in [0.717, 1.165) is 5.75 Å². The van der Waals surface area contributed by atoms with Crippen molar-refractivity contribution < 1.29 is 9.53 Å². The first-order chi connectivity index (χ1) is 8.95.